The standard InChI is InChI=1S/C21H23NO4.C10H12F3NO.C7H8S.C3H8/c23-14-22(18-10-11-19(21(25)26)20(24)12-18)13-15-6-8-17(9-7-15)16-4-2-1-3-5-16;1-2-14-7-8-3-5-9(6-4-8)15-10(11,12)13;1-6-2-4-7(8)5-3-6;1-3-2/h6-12,14,16,24H,1-5,13H2,(H,25,26);3-6,14H,2,7H2,1H3;2-5,8H,1H3;3H2,1-2H3. The van der Waals surface area contributed by atoms with E-state index < -0.39 is 12.3 Å². The van der Waals surface area contributed by atoms with Gasteiger partial charge in [-0.15, -0.1) is 25.8 Å². The molecule has 1 fully saturated rings. The number of hydrogen-bond acceptors (Lipinski definition) is 6. The highest BCUT2D eigenvalue weighted by Gasteiger charge is 2.30. The number of aromatic carboxylic acids is 1. The molecule has 1 saturated carbocycles. The van der Waals surface area contributed by atoms with Crippen LogP contribution in [0.3, 0.4) is 0 Å². The van der Waals surface area contributed by atoms with E-state index in [2.05, 4.69) is 55.6 Å². The van der Waals surface area contributed by atoms with Gasteiger partial charge in [-0.2, -0.15) is 0 Å². The summed E-state index contributed by atoms with van der Waals surface area (Å²) >= 11 is 4.13. The van der Waals surface area contributed by atoms with Crippen LogP contribution in [-0.4, -0.2) is 35.5 Å². The molecule has 4 aromatic rings. The van der Waals surface area contributed by atoms with Gasteiger partial charge in [0.25, 0.3) is 0 Å². The van der Waals surface area contributed by atoms with E-state index in [0.717, 1.165) is 22.6 Å². The van der Waals surface area contributed by atoms with E-state index in [9.17, 15) is 27.9 Å². The lowest BCUT2D eigenvalue weighted by molar-refractivity contribution is -0.274. The summed E-state index contributed by atoms with van der Waals surface area (Å²) in [6.07, 6.45) is 3.72. The van der Waals surface area contributed by atoms with Crippen LogP contribution in [0.25, 0.3) is 0 Å². The number of phenols is 1. The number of nitrogens with zero attached hydrogens (tertiary/aromatic N) is 1. The average molecular weight is 741 g/mol. The van der Waals surface area contributed by atoms with Crippen LogP contribution in [0, 0.1) is 6.92 Å². The zero-order valence-corrected chi connectivity index (χ0v) is 31.2. The maximum absolute atomic E-state index is 11.8. The van der Waals surface area contributed by atoms with E-state index >= 15 is 0 Å². The van der Waals surface area contributed by atoms with Crippen LogP contribution in [0.5, 0.6) is 11.5 Å². The molecule has 5 rings (SSSR count). The molecule has 0 spiro atoms. The minimum Gasteiger partial charge on any atom is -0.507 e. The Labute approximate surface area is 311 Å². The fourth-order valence-corrected chi connectivity index (χ4v) is 5.37. The Bertz CT molecular complexity index is 1590. The van der Waals surface area contributed by atoms with Crippen molar-refractivity contribution in [3.05, 3.63) is 119 Å². The van der Waals surface area contributed by atoms with Crippen molar-refractivity contribution in [2.24, 2.45) is 0 Å². The number of carbonyl (C=O) groups excluding carboxylic acids is 1. The molecule has 0 radical (unpaired) electrons. The first-order valence-corrected chi connectivity index (χ1v) is 17.9. The maximum Gasteiger partial charge on any atom is 0.573 e. The number of alkyl halides is 3. The molecule has 1 aliphatic carbocycles. The number of benzene rings is 4. The SMILES string of the molecule is CCC.CCNCc1ccc(OC(F)(F)F)cc1.Cc1ccc(S)cc1.O=CN(Cc1ccc(C2CCCCC2)cc1)c1ccc(C(=O)O)c(O)c1. The van der Waals surface area contributed by atoms with Crippen molar-refractivity contribution in [1.29, 1.82) is 0 Å². The van der Waals surface area contributed by atoms with E-state index in [0.29, 0.717) is 31.1 Å². The van der Waals surface area contributed by atoms with Crippen LogP contribution in [0.2, 0.25) is 0 Å². The van der Waals surface area contributed by atoms with Gasteiger partial charge in [-0.25, -0.2) is 4.79 Å². The lowest BCUT2D eigenvalue weighted by atomic mass is 9.84. The molecule has 282 valence electrons. The van der Waals surface area contributed by atoms with Gasteiger partial charge in [0.15, 0.2) is 0 Å². The summed E-state index contributed by atoms with van der Waals surface area (Å²) in [5, 5.41) is 21.9. The molecule has 0 saturated heterocycles. The number of thiol groups is 1. The first-order chi connectivity index (χ1) is 24.8. The van der Waals surface area contributed by atoms with Gasteiger partial charge in [0.2, 0.25) is 6.41 Å². The third kappa shape index (κ3) is 16.7. The molecular weight excluding hydrogens is 690 g/mol. The largest absolute Gasteiger partial charge is 0.573 e. The number of hydrogen-bond donors (Lipinski definition) is 4. The average Bonchev–Trinajstić information content (AvgIpc) is 3.12. The Morgan fingerprint density at radius 3 is 1.96 bits per heavy atom. The van der Waals surface area contributed by atoms with E-state index in [1.807, 2.05) is 43.3 Å². The molecular formula is C41H51F3N2O5S. The van der Waals surface area contributed by atoms with Gasteiger partial charge in [0.1, 0.15) is 17.1 Å². The molecule has 11 heteroatoms. The first kappa shape index (κ1) is 43.7. The van der Waals surface area contributed by atoms with Crippen molar-refractivity contribution >= 4 is 30.7 Å². The molecule has 0 unspecified atom stereocenters. The van der Waals surface area contributed by atoms with Gasteiger partial charge in [-0.1, -0.05) is 101 Å². The Balaban J connectivity index is 0.000000301. The van der Waals surface area contributed by atoms with Gasteiger partial charge >= 0.3 is 12.3 Å². The second-order valence-electron chi connectivity index (χ2n) is 12.3. The monoisotopic (exact) mass is 740 g/mol. The molecule has 0 atom stereocenters. The summed E-state index contributed by atoms with van der Waals surface area (Å²) in [6, 6.07) is 26.3. The number of ether oxygens (including phenoxy) is 1. The predicted octanol–water partition coefficient (Wildman–Crippen LogP) is 10.7. The molecule has 0 heterocycles. The lowest BCUT2D eigenvalue weighted by Crippen LogP contribution is -2.20. The summed E-state index contributed by atoms with van der Waals surface area (Å²) in [6.45, 7) is 10.1. The van der Waals surface area contributed by atoms with Gasteiger partial charge < -0.3 is 25.2 Å². The number of halogens is 3. The normalized spacial score (nSPS) is 12.5. The molecule has 0 aromatic heterocycles. The molecule has 1 amide bonds. The van der Waals surface area contributed by atoms with Crippen LogP contribution in [0.15, 0.2) is 95.9 Å². The number of anilines is 1. The van der Waals surface area contributed by atoms with Crippen molar-refractivity contribution in [2.75, 3.05) is 11.4 Å². The number of aromatic hydroxyl groups is 1. The second kappa shape index (κ2) is 23.2. The van der Waals surface area contributed by atoms with Crippen LogP contribution in [0.1, 0.15) is 97.8 Å². The van der Waals surface area contributed by atoms with Crippen LogP contribution >= 0.6 is 12.6 Å². The van der Waals surface area contributed by atoms with E-state index in [-0.39, 0.29) is 17.1 Å². The quantitative estimate of drug-likeness (QED) is 0.0954. The highest BCUT2D eigenvalue weighted by molar-refractivity contribution is 7.80. The fraction of sp³-hybridized carbons (Fsp3) is 0.366. The highest BCUT2D eigenvalue weighted by atomic mass is 32.1. The first-order valence-electron chi connectivity index (χ1n) is 17.5. The number of carboxylic acid groups (broad SMARTS) is 1. The van der Waals surface area contributed by atoms with E-state index in [1.165, 1.54) is 84.9 Å². The van der Waals surface area contributed by atoms with E-state index in [1.54, 1.807) is 12.1 Å². The Hall–Kier alpha value is -4.48. The lowest BCUT2D eigenvalue weighted by Gasteiger charge is -2.23. The number of amides is 1. The number of carboxylic acids is 1. The molecule has 52 heavy (non-hydrogen) atoms. The topological polar surface area (TPSA) is 99.1 Å². The van der Waals surface area contributed by atoms with Crippen molar-refractivity contribution in [1.82, 2.24) is 5.32 Å². The van der Waals surface area contributed by atoms with Crippen LogP contribution < -0.4 is 15.0 Å². The highest BCUT2D eigenvalue weighted by Crippen LogP contribution is 2.33. The minimum atomic E-state index is -4.62. The van der Waals surface area contributed by atoms with Gasteiger partial charge in [0.05, 0.1) is 6.54 Å². The Morgan fingerprint density at radius 1 is 0.904 bits per heavy atom. The number of aryl methyl sites for hydroxylation is 1. The summed E-state index contributed by atoms with van der Waals surface area (Å²) < 4.78 is 39.2. The Morgan fingerprint density at radius 2 is 1.48 bits per heavy atom. The summed E-state index contributed by atoms with van der Waals surface area (Å²) in [5.74, 6) is -1.11. The van der Waals surface area contributed by atoms with Gasteiger partial charge in [-0.05, 0) is 85.3 Å². The molecule has 3 N–H and O–H groups in total. The summed E-state index contributed by atoms with van der Waals surface area (Å²) in [5.41, 5.74) is 4.82. The molecule has 0 aliphatic heterocycles. The molecule has 0 bridgehead atoms. The summed E-state index contributed by atoms with van der Waals surface area (Å²) in [4.78, 5) is 24.9. The predicted molar refractivity (Wildman–Crippen MR) is 204 cm³/mol. The molecule has 4 aromatic carbocycles. The number of nitrogens with one attached hydrogen (secondary N) is 1. The zero-order chi connectivity index (χ0) is 38.5. The van der Waals surface area contributed by atoms with Crippen molar-refractivity contribution in [3.63, 3.8) is 0 Å². The summed E-state index contributed by atoms with van der Waals surface area (Å²) in [7, 11) is 0. The Kier molecular flexibility index (Phi) is 19.5. The maximum atomic E-state index is 11.8. The third-order valence-corrected chi connectivity index (χ3v) is 8.15. The molecule has 7 nitrogen and oxygen atoms in total. The van der Waals surface area contributed by atoms with E-state index in [4.69, 9.17) is 5.11 Å². The fourth-order valence-electron chi connectivity index (χ4n) is 5.22. The number of rotatable bonds is 10. The zero-order valence-electron chi connectivity index (χ0n) is 30.3. The van der Waals surface area contributed by atoms with Gasteiger partial charge in [-0.3, -0.25) is 4.79 Å². The second-order valence-corrected chi connectivity index (χ2v) is 12.8. The van der Waals surface area contributed by atoms with Gasteiger partial charge in [0, 0.05) is 23.2 Å². The smallest absolute Gasteiger partial charge is 0.507 e. The van der Waals surface area contributed by atoms with Crippen molar-refractivity contribution in [2.45, 2.75) is 96.5 Å². The number of carbonyl (C=O) groups is 2. The van der Waals surface area contributed by atoms with Crippen LogP contribution in [-0.2, 0) is 17.9 Å². The molecule has 1 aliphatic rings. The van der Waals surface area contributed by atoms with Crippen molar-refractivity contribution in [3.8, 4) is 11.5 Å². The van der Waals surface area contributed by atoms with Crippen molar-refractivity contribution < 1.29 is 37.7 Å². The minimum absolute atomic E-state index is 0.184. The van der Waals surface area contributed by atoms with Crippen LogP contribution in [0.4, 0.5) is 18.9 Å². The third-order valence-electron chi connectivity index (χ3n) is 7.85.